The summed E-state index contributed by atoms with van der Waals surface area (Å²) in [6.45, 7) is 0. The summed E-state index contributed by atoms with van der Waals surface area (Å²) < 4.78 is 8.83. The Balaban J connectivity index is 1.36. The van der Waals surface area contributed by atoms with Gasteiger partial charge in [0.2, 0.25) is 5.71 Å². The van der Waals surface area contributed by atoms with E-state index in [2.05, 4.69) is 114 Å². The number of furan rings is 1. The topological polar surface area (TPSA) is 31.0 Å². The van der Waals surface area contributed by atoms with Gasteiger partial charge in [0.25, 0.3) is 0 Å². The van der Waals surface area contributed by atoms with E-state index in [9.17, 15) is 0 Å². The van der Waals surface area contributed by atoms with Crippen molar-refractivity contribution >= 4 is 33.0 Å². The summed E-state index contributed by atoms with van der Waals surface area (Å²) in [5.41, 5.74) is 11.7. The molecule has 0 spiro atoms. The van der Waals surface area contributed by atoms with Gasteiger partial charge >= 0.3 is 0 Å². The van der Waals surface area contributed by atoms with Crippen molar-refractivity contribution < 1.29 is 4.42 Å². The van der Waals surface area contributed by atoms with E-state index in [0.29, 0.717) is 11.8 Å². The molecule has 39 heavy (non-hydrogen) atoms. The lowest BCUT2D eigenvalue weighted by Gasteiger charge is -2.21. The molecule has 0 saturated heterocycles. The Bertz CT molecular complexity index is 2060. The lowest BCUT2D eigenvalue weighted by molar-refractivity contribution is 0.650. The molecule has 7 aromatic rings. The zero-order chi connectivity index (χ0) is 25.5. The fourth-order valence-electron chi connectivity index (χ4n) is 7.40. The zero-order valence-corrected chi connectivity index (χ0v) is 21.5. The first-order valence-electron chi connectivity index (χ1n) is 14.0. The van der Waals surface area contributed by atoms with Crippen LogP contribution in [-0.4, -0.2) is 9.55 Å². The van der Waals surface area contributed by atoms with Crippen LogP contribution in [0, 0.1) is 0 Å². The second-order valence-corrected chi connectivity index (χ2v) is 11.1. The van der Waals surface area contributed by atoms with Crippen LogP contribution < -0.4 is 0 Å². The average molecular weight is 503 g/mol. The fraction of sp³-hybridized carbons (Fsp3) is 0.139. The van der Waals surface area contributed by atoms with E-state index < -0.39 is 0 Å². The number of para-hydroxylation sites is 2. The molecule has 3 aromatic heterocycles. The van der Waals surface area contributed by atoms with Gasteiger partial charge in [-0.1, -0.05) is 78.9 Å². The Labute approximate surface area is 226 Å². The molecule has 3 heteroatoms. The van der Waals surface area contributed by atoms with Crippen LogP contribution in [0.15, 0.2) is 114 Å². The Morgan fingerprint density at radius 3 is 2.38 bits per heavy atom. The molecule has 186 valence electrons. The van der Waals surface area contributed by atoms with E-state index in [1.54, 1.807) is 0 Å². The summed E-state index contributed by atoms with van der Waals surface area (Å²) in [6.07, 6.45) is 3.74. The van der Waals surface area contributed by atoms with Crippen molar-refractivity contribution in [2.24, 2.45) is 0 Å². The molecular formula is C36H26N2O. The van der Waals surface area contributed by atoms with Gasteiger partial charge in [0.1, 0.15) is 5.58 Å². The number of pyridine rings is 1. The molecule has 0 N–H and O–H groups in total. The molecule has 2 aliphatic carbocycles. The number of hydrogen-bond acceptors (Lipinski definition) is 2. The molecule has 1 fully saturated rings. The molecule has 2 aliphatic rings. The van der Waals surface area contributed by atoms with Crippen LogP contribution in [0.2, 0.25) is 0 Å². The number of fused-ring (bicyclic) bond motifs is 10. The lowest BCUT2D eigenvalue weighted by atomic mass is 9.87. The van der Waals surface area contributed by atoms with Gasteiger partial charge in [-0.05, 0) is 83.7 Å². The first kappa shape index (κ1) is 21.3. The van der Waals surface area contributed by atoms with Crippen molar-refractivity contribution in [1.29, 1.82) is 0 Å². The minimum Gasteiger partial charge on any atom is -0.438 e. The van der Waals surface area contributed by atoms with E-state index in [0.717, 1.165) is 28.4 Å². The number of hydrogen-bond donors (Lipinski definition) is 0. The van der Waals surface area contributed by atoms with Gasteiger partial charge in [-0.25, -0.2) is 4.98 Å². The highest BCUT2D eigenvalue weighted by Crippen LogP contribution is 2.58. The first-order chi connectivity index (χ1) is 19.3. The van der Waals surface area contributed by atoms with Gasteiger partial charge in [0.15, 0.2) is 0 Å². The normalized spacial score (nSPS) is 17.9. The van der Waals surface area contributed by atoms with E-state index in [1.807, 2.05) is 0 Å². The third-order valence-corrected chi connectivity index (χ3v) is 9.02. The first-order valence-corrected chi connectivity index (χ1v) is 14.0. The summed E-state index contributed by atoms with van der Waals surface area (Å²) in [5.74, 6) is 1.15. The molecule has 0 amide bonds. The smallest absolute Gasteiger partial charge is 0.228 e. The zero-order valence-electron chi connectivity index (χ0n) is 21.5. The predicted molar refractivity (Wildman–Crippen MR) is 159 cm³/mol. The largest absolute Gasteiger partial charge is 0.438 e. The number of nitrogens with zero attached hydrogens (tertiary/aromatic N) is 2. The minimum absolute atomic E-state index is 0.563. The molecular weight excluding hydrogens is 476 g/mol. The summed E-state index contributed by atoms with van der Waals surface area (Å²) in [7, 11) is 0. The van der Waals surface area contributed by atoms with Crippen molar-refractivity contribution in [3.05, 3.63) is 120 Å². The Hall–Kier alpha value is -4.63. The SMILES string of the molecule is c1ccc(-c2cccc(-n3c(-c4nc5oc6ccccc6c5c5c4C4CCC5C4)cc4ccccc43)c2)cc1. The molecule has 2 bridgehead atoms. The second kappa shape index (κ2) is 7.94. The average Bonchev–Trinajstić information content (AvgIpc) is 3.78. The maximum absolute atomic E-state index is 6.42. The van der Waals surface area contributed by atoms with E-state index in [-0.39, 0.29) is 0 Å². The number of benzene rings is 4. The third kappa shape index (κ3) is 3.01. The summed E-state index contributed by atoms with van der Waals surface area (Å²) in [6, 6.07) is 38.9. The Morgan fingerprint density at radius 1 is 0.692 bits per heavy atom. The van der Waals surface area contributed by atoms with Gasteiger partial charge in [0.05, 0.1) is 22.3 Å². The lowest BCUT2D eigenvalue weighted by Crippen LogP contribution is -2.06. The van der Waals surface area contributed by atoms with Crippen LogP contribution in [0.4, 0.5) is 0 Å². The van der Waals surface area contributed by atoms with E-state index in [4.69, 9.17) is 9.40 Å². The number of rotatable bonds is 3. The standard InChI is InChI=1S/C36H26N2O/c1-2-9-22(10-3-1)23-12-8-13-27(20-23)38-29-15-6-4-11-24(29)21-30(38)35-33-26-18-17-25(19-26)32(33)34-28-14-5-7-16-31(28)39-36(34)37-35/h1-16,20-21,25-26H,17-19H2. The van der Waals surface area contributed by atoms with Crippen LogP contribution in [0.5, 0.6) is 0 Å². The van der Waals surface area contributed by atoms with Gasteiger partial charge in [-0.2, -0.15) is 0 Å². The van der Waals surface area contributed by atoms with Crippen molar-refractivity contribution in [2.45, 2.75) is 31.1 Å². The fourth-order valence-corrected chi connectivity index (χ4v) is 7.40. The summed E-state index contributed by atoms with van der Waals surface area (Å²) >= 11 is 0. The highest BCUT2D eigenvalue weighted by atomic mass is 16.3. The van der Waals surface area contributed by atoms with Crippen LogP contribution in [0.1, 0.15) is 42.2 Å². The predicted octanol–water partition coefficient (Wildman–Crippen LogP) is 9.62. The molecule has 2 atom stereocenters. The molecule has 9 rings (SSSR count). The maximum Gasteiger partial charge on any atom is 0.228 e. The molecule has 3 heterocycles. The highest BCUT2D eigenvalue weighted by molar-refractivity contribution is 6.07. The number of aromatic nitrogens is 2. The molecule has 2 unspecified atom stereocenters. The van der Waals surface area contributed by atoms with E-state index >= 15 is 0 Å². The third-order valence-electron chi connectivity index (χ3n) is 9.02. The van der Waals surface area contributed by atoms with Crippen LogP contribution in [0.3, 0.4) is 0 Å². The van der Waals surface area contributed by atoms with E-state index in [1.165, 1.54) is 63.2 Å². The van der Waals surface area contributed by atoms with Crippen molar-refractivity contribution in [3.63, 3.8) is 0 Å². The molecule has 0 aliphatic heterocycles. The van der Waals surface area contributed by atoms with Crippen LogP contribution in [-0.2, 0) is 0 Å². The summed E-state index contributed by atoms with van der Waals surface area (Å²) in [5, 5.41) is 3.66. The van der Waals surface area contributed by atoms with Gasteiger partial charge in [-0.15, -0.1) is 0 Å². The highest BCUT2D eigenvalue weighted by Gasteiger charge is 2.42. The minimum atomic E-state index is 0.563. The maximum atomic E-state index is 6.42. The van der Waals surface area contributed by atoms with Crippen molar-refractivity contribution in [2.75, 3.05) is 0 Å². The van der Waals surface area contributed by atoms with Crippen molar-refractivity contribution in [3.8, 4) is 28.2 Å². The molecule has 4 aromatic carbocycles. The molecule has 1 saturated carbocycles. The Morgan fingerprint density at radius 2 is 1.46 bits per heavy atom. The second-order valence-electron chi connectivity index (χ2n) is 11.1. The van der Waals surface area contributed by atoms with Gasteiger partial charge in [-0.3, -0.25) is 0 Å². The summed E-state index contributed by atoms with van der Waals surface area (Å²) in [4.78, 5) is 5.35. The van der Waals surface area contributed by atoms with Crippen LogP contribution >= 0.6 is 0 Å². The Kier molecular flexibility index (Phi) is 4.34. The van der Waals surface area contributed by atoms with Gasteiger partial charge < -0.3 is 8.98 Å². The molecule has 0 radical (unpaired) electrons. The molecule has 3 nitrogen and oxygen atoms in total. The quantitative estimate of drug-likeness (QED) is 0.241. The van der Waals surface area contributed by atoms with Crippen LogP contribution in [0.25, 0.3) is 61.2 Å². The van der Waals surface area contributed by atoms with Gasteiger partial charge in [0, 0.05) is 16.5 Å². The van der Waals surface area contributed by atoms with Crippen molar-refractivity contribution in [1.82, 2.24) is 9.55 Å². The monoisotopic (exact) mass is 502 g/mol.